The Balaban J connectivity index is 1.76. The number of aryl methyl sites for hydroxylation is 1. The van der Waals surface area contributed by atoms with Crippen LogP contribution >= 0.6 is 11.6 Å². The van der Waals surface area contributed by atoms with E-state index in [1.54, 1.807) is 24.5 Å². The minimum atomic E-state index is -0.949. The highest BCUT2D eigenvalue weighted by Gasteiger charge is 2.20. The summed E-state index contributed by atoms with van der Waals surface area (Å²) < 4.78 is 6.03. The number of rotatable bonds is 10. The van der Waals surface area contributed by atoms with Gasteiger partial charge in [-0.15, -0.1) is 0 Å². The third-order valence-electron chi connectivity index (χ3n) is 5.14. The molecule has 0 aliphatic heterocycles. The number of anilines is 1. The predicted octanol–water partition coefficient (Wildman–Crippen LogP) is 5.71. The zero-order chi connectivity index (χ0) is 24.0. The monoisotopic (exact) mass is 469 g/mol. The lowest BCUT2D eigenvalue weighted by molar-refractivity contribution is -0.136. The van der Waals surface area contributed by atoms with Crippen LogP contribution in [-0.2, 0) is 4.79 Å². The van der Waals surface area contributed by atoms with Crippen LogP contribution in [0.2, 0.25) is 5.02 Å². The van der Waals surface area contributed by atoms with Gasteiger partial charge in [-0.25, -0.2) is 0 Å². The third-order valence-corrected chi connectivity index (χ3v) is 5.35. The highest BCUT2D eigenvalue weighted by atomic mass is 35.5. The number of amides is 1. The summed E-state index contributed by atoms with van der Waals surface area (Å²) in [6.45, 7) is 6.36. The van der Waals surface area contributed by atoms with E-state index in [4.69, 9.17) is 21.1 Å². The Kier molecular flexibility index (Phi) is 8.11. The maximum Gasteiger partial charge on any atom is 0.305 e. The van der Waals surface area contributed by atoms with Crippen LogP contribution in [0.5, 0.6) is 0 Å². The van der Waals surface area contributed by atoms with Gasteiger partial charge in [-0.1, -0.05) is 25.4 Å². The SMILES string of the molecule is Cc1oc(-c2cncc(Cl)c2)cc1C(CC(C)C)Nc1ccc(C(=O)NCCC(=O)O)cc1. The molecule has 0 fully saturated rings. The fourth-order valence-corrected chi connectivity index (χ4v) is 3.74. The average molecular weight is 470 g/mol. The molecule has 0 saturated carbocycles. The van der Waals surface area contributed by atoms with Crippen LogP contribution < -0.4 is 10.6 Å². The van der Waals surface area contributed by atoms with Gasteiger partial charge in [0.25, 0.3) is 5.91 Å². The number of hydrogen-bond donors (Lipinski definition) is 3. The molecule has 7 nitrogen and oxygen atoms in total. The molecule has 2 heterocycles. The molecular weight excluding hydrogens is 442 g/mol. The number of aromatic nitrogens is 1. The van der Waals surface area contributed by atoms with Crippen molar-refractivity contribution >= 4 is 29.2 Å². The Morgan fingerprint density at radius 3 is 2.52 bits per heavy atom. The molecule has 174 valence electrons. The second kappa shape index (κ2) is 11.0. The molecule has 0 spiro atoms. The first kappa shape index (κ1) is 24.3. The van der Waals surface area contributed by atoms with Gasteiger partial charge in [0.15, 0.2) is 0 Å². The Labute approximate surface area is 198 Å². The van der Waals surface area contributed by atoms with E-state index in [-0.39, 0.29) is 24.9 Å². The van der Waals surface area contributed by atoms with Crippen LogP contribution in [0, 0.1) is 12.8 Å². The molecule has 0 saturated heterocycles. The van der Waals surface area contributed by atoms with Crippen molar-refractivity contribution in [2.75, 3.05) is 11.9 Å². The Morgan fingerprint density at radius 2 is 1.88 bits per heavy atom. The molecule has 8 heteroatoms. The smallest absolute Gasteiger partial charge is 0.305 e. The van der Waals surface area contributed by atoms with E-state index in [1.165, 1.54) is 0 Å². The summed E-state index contributed by atoms with van der Waals surface area (Å²) in [7, 11) is 0. The second-order valence-electron chi connectivity index (χ2n) is 8.32. The maximum absolute atomic E-state index is 12.2. The molecule has 3 N–H and O–H groups in total. The second-order valence-corrected chi connectivity index (χ2v) is 8.75. The van der Waals surface area contributed by atoms with Crippen molar-refractivity contribution in [3.63, 3.8) is 0 Å². The zero-order valence-electron chi connectivity index (χ0n) is 18.9. The normalized spacial score (nSPS) is 11.9. The zero-order valence-corrected chi connectivity index (χ0v) is 19.6. The van der Waals surface area contributed by atoms with E-state index in [9.17, 15) is 9.59 Å². The number of carbonyl (C=O) groups is 2. The topological polar surface area (TPSA) is 104 Å². The van der Waals surface area contributed by atoms with Crippen molar-refractivity contribution in [1.82, 2.24) is 10.3 Å². The summed E-state index contributed by atoms with van der Waals surface area (Å²) >= 11 is 6.09. The van der Waals surface area contributed by atoms with E-state index in [2.05, 4.69) is 29.5 Å². The number of aliphatic carboxylic acids is 1. The minimum absolute atomic E-state index is 0.00452. The Morgan fingerprint density at radius 1 is 1.15 bits per heavy atom. The van der Waals surface area contributed by atoms with Crippen LogP contribution in [0.15, 0.2) is 53.2 Å². The highest BCUT2D eigenvalue weighted by Crippen LogP contribution is 2.34. The number of carboxylic acid groups (broad SMARTS) is 1. The molecule has 3 rings (SSSR count). The molecule has 1 atom stereocenters. The van der Waals surface area contributed by atoms with Crippen molar-refractivity contribution in [3.05, 3.63) is 70.7 Å². The van der Waals surface area contributed by atoms with Crippen molar-refractivity contribution in [1.29, 1.82) is 0 Å². The first-order chi connectivity index (χ1) is 15.7. The number of halogens is 1. The Bertz CT molecular complexity index is 1110. The van der Waals surface area contributed by atoms with Crippen LogP contribution in [0.1, 0.15) is 54.4 Å². The number of nitrogens with one attached hydrogen (secondary N) is 2. The number of furan rings is 1. The first-order valence-corrected chi connectivity index (χ1v) is 11.2. The lowest BCUT2D eigenvalue weighted by Gasteiger charge is -2.21. The van der Waals surface area contributed by atoms with Crippen LogP contribution in [0.25, 0.3) is 11.3 Å². The van der Waals surface area contributed by atoms with E-state index in [1.807, 2.05) is 31.2 Å². The fourth-order valence-electron chi connectivity index (χ4n) is 3.57. The quantitative estimate of drug-likeness (QED) is 0.351. The Hall–Kier alpha value is -3.32. The van der Waals surface area contributed by atoms with Gasteiger partial charge in [0.05, 0.1) is 17.5 Å². The van der Waals surface area contributed by atoms with Gasteiger partial charge in [-0.3, -0.25) is 14.6 Å². The van der Waals surface area contributed by atoms with Crippen molar-refractivity contribution in [3.8, 4) is 11.3 Å². The van der Waals surface area contributed by atoms with Gasteiger partial charge >= 0.3 is 5.97 Å². The molecule has 2 aromatic heterocycles. The summed E-state index contributed by atoms with van der Waals surface area (Å²) in [4.78, 5) is 26.9. The van der Waals surface area contributed by atoms with Crippen molar-refractivity contribution in [2.45, 2.75) is 39.7 Å². The minimum Gasteiger partial charge on any atom is -0.481 e. The summed E-state index contributed by atoms with van der Waals surface area (Å²) in [5, 5.41) is 15.4. The number of pyridine rings is 1. The van der Waals surface area contributed by atoms with E-state index >= 15 is 0 Å². The number of carbonyl (C=O) groups excluding carboxylic acids is 1. The first-order valence-electron chi connectivity index (χ1n) is 10.8. The third kappa shape index (κ3) is 6.83. The lowest BCUT2D eigenvalue weighted by atomic mass is 9.96. The van der Waals surface area contributed by atoms with Crippen LogP contribution in [-0.4, -0.2) is 28.5 Å². The average Bonchev–Trinajstić information content (AvgIpc) is 3.15. The van der Waals surface area contributed by atoms with Gasteiger partial charge in [0, 0.05) is 41.3 Å². The standard InChI is InChI=1S/C25H28ClN3O4/c1-15(2)10-22(21-12-23(33-16(21)3)18-11-19(26)14-27-13-18)29-20-6-4-17(5-7-20)25(32)28-9-8-24(30)31/h4-7,11-15,22,29H,8-10H2,1-3H3,(H,28,32)(H,30,31). The van der Waals surface area contributed by atoms with E-state index in [0.717, 1.165) is 29.0 Å². The molecule has 0 aliphatic rings. The molecule has 0 radical (unpaired) electrons. The van der Waals surface area contributed by atoms with Crippen molar-refractivity contribution < 1.29 is 19.1 Å². The molecule has 3 aromatic rings. The number of hydrogen-bond acceptors (Lipinski definition) is 5. The molecule has 33 heavy (non-hydrogen) atoms. The fraction of sp³-hybridized carbons (Fsp3) is 0.320. The predicted molar refractivity (Wildman–Crippen MR) is 129 cm³/mol. The van der Waals surface area contributed by atoms with Crippen LogP contribution in [0.3, 0.4) is 0 Å². The maximum atomic E-state index is 12.2. The summed E-state index contributed by atoms with van der Waals surface area (Å²) in [6, 6.07) is 11.0. The lowest BCUT2D eigenvalue weighted by Crippen LogP contribution is -2.25. The van der Waals surface area contributed by atoms with Gasteiger partial charge in [0.1, 0.15) is 11.5 Å². The summed E-state index contributed by atoms with van der Waals surface area (Å²) in [5.41, 5.74) is 3.21. The molecule has 1 amide bonds. The van der Waals surface area contributed by atoms with Gasteiger partial charge in [0.2, 0.25) is 0 Å². The molecule has 1 unspecified atom stereocenters. The van der Waals surface area contributed by atoms with E-state index in [0.29, 0.717) is 22.3 Å². The van der Waals surface area contributed by atoms with Crippen LogP contribution in [0.4, 0.5) is 5.69 Å². The van der Waals surface area contributed by atoms with Gasteiger partial charge < -0.3 is 20.2 Å². The van der Waals surface area contributed by atoms with Crippen molar-refractivity contribution in [2.24, 2.45) is 5.92 Å². The van der Waals surface area contributed by atoms with Gasteiger partial charge in [-0.2, -0.15) is 0 Å². The summed E-state index contributed by atoms with van der Waals surface area (Å²) in [5.74, 6) is 0.716. The molecule has 1 aromatic carbocycles. The number of benzene rings is 1. The molecule has 0 aliphatic carbocycles. The molecular formula is C25H28ClN3O4. The number of nitrogens with zero attached hydrogens (tertiary/aromatic N) is 1. The van der Waals surface area contributed by atoms with Gasteiger partial charge in [-0.05, 0) is 55.7 Å². The number of carboxylic acids is 1. The largest absolute Gasteiger partial charge is 0.481 e. The van der Waals surface area contributed by atoms with E-state index < -0.39 is 5.97 Å². The molecule has 0 bridgehead atoms. The highest BCUT2D eigenvalue weighted by molar-refractivity contribution is 6.30. The summed E-state index contributed by atoms with van der Waals surface area (Å²) in [6.07, 6.45) is 4.07.